The minimum absolute atomic E-state index is 0.189. The van der Waals surface area contributed by atoms with Gasteiger partial charge in [0.1, 0.15) is 11.9 Å². The van der Waals surface area contributed by atoms with Crippen LogP contribution < -0.4 is 5.32 Å². The maximum Gasteiger partial charge on any atom is 0.416 e. The quantitative estimate of drug-likeness (QED) is 0.302. The number of carbonyl (C=O) groups excluding carboxylic acids is 1. The Morgan fingerprint density at radius 3 is 2.12 bits per heavy atom. The zero-order valence-corrected chi connectivity index (χ0v) is 18.1. The van der Waals surface area contributed by atoms with Crippen LogP contribution in [0, 0.1) is 10.1 Å². The molecule has 1 N–H and O–H groups in total. The fourth-order valence-corrected chi connectivity index (χ4v) is 4.22. The summed E-state index contributed by atoms with van der Waals surface area (Å²) in [6.07, 6.45) is -3.78. The van der Waals surface area contributed by atoms with Crippen molar-refractivity contribution in [1.29, 1.82) is 0 Å². The first-order chi connectivity index (χ1) is 14.9. The van der Waals surface area contributed by atoms with Crippen molar-refractivity contribution < 1.29 is 27.1 Å². The van der Waals surface area contributed by atoms with Gasteiger partial charge in [-0.1, -0.05) is 29.3 Å². The Bertz CT molecular complexity index is 1210. The lowest BCUT2D eigenvalue weighted by molar-refractivity contribution is -0.384. The Kier molecular flexibility index (Phi) is 6.58. The van der Waals surface area contributed by atoms with Crippen molar-refractivity contribution in [2.24, 2.45) is 0 Å². The van der Waals surface area contributed by atoms with Gasteiger partial charge in [0.15, 0.2) is 0 Å². The molecule has 3 aromatic rings. The number of amides is 1. The van der Waals surface area contributed by atoms with Crippen molar-refractivity contribution in [1.82, 2.24) is 9.78 Å². The van der Waals surface area contributed by atoms with Gasteiger partial charge >= 0.3 is 11.9 Å². The van der Waals surface area contributed by atoms with Crippen LogP contribution in [0.5, 0.6) is 0 Å². The molecule has 2 bridgehead atoms. The normalized spacial score (nSPS) is 12.4. The van der Waals surface area contributed by atoms with Crippen LogP contribution in [0.2, 0.25) is 10.0 Å². The van der Waals surface area contributed by atoms with E-state index in [2.05, 4.69) is 10.4 Å². The first-order valence-electron chi connectivity index (χ1n) is 8.48. The van der Waals surface area contributed by atoms with E-state index in [1.54, 1.807) is 0 Å². The monoisotopic (exact) mass is 506 g/mol. The second-order valence-electron chi connectivity index (χ2n) is 6.28. The summed E-state index contributed by atoms with van der Waals surface area (Å²) in [7, 11) is -0.752. The summed E-state index contributed by atoms with van der Waals surface area (Å²) in [6, 6.07) is 8.86. The summed E-state index contributed by atoms with van der Waals surface area (Å²) in [5.41, 5.74) is -1.84. The van der Waals surface area contributed by atoms with Gasteiger partial charge in [0, 0.05) is 16.7 Å². The van der Waals surface area contributed by atoms with Crippen molar-refractivity contribution in [2.45, 2.75) is 22.9 Å². The Morgan fingerprint density at radius 1 is 1.19 bits per heavy atom. The van der Waals surface area contributed by atoms with Gasteiger partial charge in [-0.3, -0.25) is 14.9 Å². The Labute approximate surface area is 190 Å². The van der Waals surface area contributed by atoms with Gasteiger partial charge in [0.25, 0.3) is 0 Å². The average molecular weight is 507 g/mol. The molecule has 0 spiro atoms. The molecule has 0 aliphatic carbocycles. The number of carbonyl (C=O) groups is 1. The molecule has 0 atom stereocenters. The zero-order valence-electron chi connectivity index (χ0n) is 15.8. The maximum absolute atomic E-state index is 12.7. The molecule has 2 aliphatic heterocycles. The Balaban J connectivity index is 0.000000297. The number of hydrogen-bond donors (Lipinski definition) is 1. The Morgan fingerprint density at radius 2 is 1.75 bits per heavy atom. The number of nitro groups is 1. The number of alkyl halides is 3. The lowest BCUT2D eigenvalue weighted by Crippen LogP contribution is -2.09. The number of anilines is 1. The van der Waals surface area contributed by atoms with E-state index in [1.165, 1.54) is 0 Å². The predicted molar refractivity (Wildman–Crippen MR) is 111 cm³/mol. The third kappa shape index (κ3) is 4.92. The number of aromatic nitrogens is 2. The smallest absolute Gasteiger partial charge is 0.304 e. The van der Waals surface area contributed by atoms with E-state index < -0.39 is 49.1 Å². The van der Waals surface area contributed by atoms with E-state index in [1.807, 2.05) is 24.3 Å². The number of fused-ring (bicyclic) bond motifs is 2. The minimum atomic E-state index is -4.66. The molecule has 2 aliphatic rings. The lowest BCUT2D eigenvalue weighted by atomic mass is 10.2. The highest BCUT2D eigenvalue weighted by molar-refractivity contribution is 7.86. The maximum atomic E-state index is 12.7. The molecule has 3 heterocycles. The average Bonchev–Trinajstić information content (AvgIpc) is 3.10. The third-order valence-electron chi connectivity index (χ3n) is 3.99. The zero-order chi connectivity index (χ0) is 23.8. The van der Waals surface area contributed by atoms with Gasteiger partial charge in [-0.25, -0.2) is 8.89 Å². The van der Waals surface area contributed by atoms with Crippen LogP contribution in [0.25, 0.3) is 5.69 Å². The van der Waals surface area contributed by atoms with E-state index in [4.69, 9.17) is 23.2 Å². The van der Waals surface area contributed by atoms with E-state index in [-0.39, 0.29) is 11.5 Å². The summed E-state index contributed by atoms with van der Waals surface area (Å²) >= 11 is 11.6. The standard InChI is InChI=1S/C12H7Cl2F3N4O3.C6H4OS/c1-5(22)18-11-9(21(23)24)4-20(19-11)10-7(13)2-6(3-8(10)14)12(15,16)17;7-8-5-2-1-3-6(8)4-5/h2-4H,1H3,(H,18,19,22);1-4H. The molecule has 1 amide bonds. The number of benzene rings is 2. The second-order valence-corrected chi connectivity index (χ2v) is 8.57. The van der Waals surface area contributed by atoms with Crippen molar-refractivity contribution >= 4 is 51.4 Å². The van der Waals surface area contributed by atoms with Crippen LogP contribution in [0.1, 0.15) is 12.5 Å². The molecule has 2 aromatic carbocycles. The van der Waals surface area contributed by atoms with E-state index in [0.717, 1.165) is 27.6 Å². The highest BCUT2D eigenvalue weighted by Crippen LogP contribution is 2.38. The molecule has 0 fully saturated rings. The van der Waals surface area contributed by atoms with Crippen LogP contribution in [-0.4, -0.2) is 24.8 Å². The molecule has 0 unspecified atom stereocenters. The molecular formula is C18H11Cl2F3N4O4S. The van der Waals surface area contributed by atoms with Crippen molar-refractivity contribution in [3.8, 4) is 5.69 Å². The topological polar surface area (TPSA) is 107 Å². The van der Waals surface area contributed by atoms with Gasteiger partial charge < -0.3 is 5.32 Å². The first-order valence-corrected chi connectivity index (χ1v) is 10.4. The highest BCUT2D eigenvalue weighted by Gasteiger charge is 2.33. The summed E-state index contributed by atoms with van der Waals surface area (Å²) in [4.78, 5) is 23.2. The second kappa shape index (κ2) is 8.88. The molecule has 0 saturated heterocycles. The number of hydrogen-bond acceptors (Lipinski definition) is 5. The number of nitrogens with zero attached hydrogens (tertiary/aromatic N) is 3. The third-order valence-corrected chi connectivity index (χ3v) is 5.93. The number of rotatable bonds is 3. The van der Waals surface area contributed by atoms with E-state index in [0.29, 0.717) is 12.1 Å². The van der Waals surface area contributed by atoms with Crippen LogP contribution in [0.15, 0.2) is 52.4 Å². The first kappa shape index (κ1) is 23.7. The largest absolute Gasteiger partial charge is 0.416 e. The highest BCUT2D eigenvalue weighted by atomic mass is 35.5. The van der Waals surface area contributed by atoms with Crippen LogP contribution >= 0.6 is 23.2 Å². The fourth-order valence-electron chi connectivity index (χ4n) is 2.60. The van der Waals surface area contributed by atoms with Crippen molar-refractivity contribution in [2.75, 3.05) is 5.32 Å². The summed E-state index contributed by atoms with van der Waals surface area (Å²) < 4.78 is 49.8. The van der Waals surface area contributed by atoms with Gasteiger partial charge in [-0.2, -0.15) is 13.2 Å². The molecule has 1 aromatic heterocycles. The van der Waals surface area contributed by atoms with Crippen molar-refractivity contribution in [3.63, 3.8) is 0 Å². The van der Waals surface area contributed by atoms with Gasteiger partial charge in [-0.05, 0) is 30.3 Å². The molecule has 0 saturated carbocycles. The van der Waals surface area contributed by atoms with Crippen LogP contribution in [0.3, 0.4) is 0 Å². The molecule has 168 valence electrons. The summed E-state index contributed by atoms with van der Waals surface area (Å²) in [6.45, 7) is 1.11. The molecule has 5 rings (SSSR count). The molecule has 0 radical (unpaired) electrons. The molecule has 8 nitrogen and oxygen atoms in total. The number of nitrogens with one attached hydrogen (secondary N) is 1. The molecular weight excluding hydrogens is 496 g/mol. The van der Waals surface area contributed by atoms with Gasteiger partial charge in [0.05, 0.1) is 31.3 Å². The summed E-state index contributed by atoms with van der Waals surface area (Å²) in [5, 5.41) is 16.0. The van der Waals surface area contributed by atoms with Gasteiger partial charge in [0.2, 0.25) is 11.7 Å². The minimum Gasteiger partial charge on any atom is -0.304 e. The van der Waals surface area contributed by atoms with E-state index >= 15 is 0 Å². The predicted octanol–water partition coefficient (Wildman–Crippen LogP) is 5.23. The lowest BCUT2D eigenvalue weighted by Gasteiger charge is -2.11. The molecule has 14 heteroatoms. The van der Waals surface area contributed by atoms with Gasteiger partial charge in [-0.15, -0.1) is 5.10 Å². The van der Waals surface area contributed by atoms with Crippen LogP contribution in [-0.2, 0) is 21.8 Å². The van der Waals surface area contributed by atoms with E-state index in [9.17, 15) is 32.3 Å². The van der Waals surface area contributed by atoms with Crippen LogP contribution in [0.4, 0.5) is 24.7 Å². The van der Waals surface area contributed by atoms with Crippen molar-refractivity contribution in [3.05, 3.63) is 68.3 Å². The Hall–Kier alpha value is -2.96. The fraction of sp³-hybridized carbons (Fsp3) is 0.111. The summed E-state index contributed by atoms with van der Waals surface area (Å²) in [5.74, 6) is -1.01. The SMILES string of the molecule is CC(=O)Nc1nn(-c2c(Cl)cc(C(F)(F)F)cc2Cl)cc1[N+](=O)[O-].O=S1c2cccc1c2. The number of halogens is 5. The molecule has 32 heavy (non-hydrogen) atoms.